The zero-order chi connectivity index (χ0) is 15.1. The van der Waals surface area contributed by atoms with E-state index >= 15 is 0 Å². The molecule has 1 aliphatic rings. The molecule has 112 valence electrons. The van der Waals surface area contributed by atoms with Gasteiger partial charge in [-0.05, 0) is 31.4 Å². The number of nitrogens with one attached hydrogen (secondary N) is 1. The number of hydrogen-bond acceptors (Lipinski definition) is 4. The van der Waals surface area contributed by atoms with Crippen molar-refractivity contribution in [1.29, 1.82) is 5.26 Å². The Morgan fingerprint density at radius 3 is 2.67 bits per heavy atom. The molecule has 0 aromatic carbocycles. The zero-order valence-electron chi connectivity index (χ0n) is 12.4. The highest BCUT2D eigenvalue weighted by Crippen LogP contribution is 2.27. The van der Waals surface area contributed by atoms with Crippen LogP contribution in [0.15, 0.2) is 23.4 Å². The van der Waals surface area contributed by atoms with Crippen LogP contribution in [0.25, 0.3) is 0 Å². The fourth-order valence-corrected chi connectivity index (χ4v) is 3.22. The molecule has 1 amide bonds. The van der Waals surface area contributed by atoms with Crippen LogP contribution in [0.2, 0.25) is 0 Å². The lowest BCUT2D eigenvalue weighted by atomic mass is 9.92. The van der Waals surface area contributed by atoms with Gasteiger partial charge >= 0.3 is 0 Å². The summed E-state index contributed by atoms with van der Waals surface area (Å²) in [5, 5.41) is 13.2. The summed E-state index contributed by atoms with van der Waals surface area (Å²) in [7, 11) is 0. The molecular formula is C16H21N3OS. The van der Waals surface area contributed by atoms with E-state index in [0.717, 1.165) is 49.1 Å². The van der Waals surface area contributed by atoms with E-state index in [1.54, 1.807) is 6.20 Å². The van der Waals surface area contributed by atoms with Gasteiger partial charge in [0.15, 0.2) is 0 Å². The van der Waals surface area contributed by atoms with Crippen molar-refractivity contribution in [3.8, 4) is 6.07 Å². The number of nitrogens with zero attached hydrogens (tertiary/aromatic N) is 2. The Morgan fingerprint density at radius 2 is 2.10 bits per heavy atom. The molecule has 21 heavy (non-hydrogen) atoms. The molecule has 0 unspecified atom stereocenters. The maximum atomic E-state index is 12.1. The minimum absolute atomic E-state index is 0.0779. The van der Waals surface area contributed by atoms with Gasteiger partial charge < -0.3 is 5.32 Å². The van der Waals surface area contributed by atoms with E-state index in [4.69, 9.17) is 0 Å². The molecule has 0 saturated heterocycles. The summed E-state index contributed by atoms with van der Waals surface area (Å²) in [6.45, 7) is 1.98. The van der Waals surface area contributed by atoms with Crippen molar-refractivity contribution in [1.82, 2.24) is 10.3 Å². The maximum Gasteiger partial charge on any atom is 0.231 e. The monoisotopic (exact) mass is 303 g/mol. The molecule has 1 aromatic heterocycles. The summed E-state index contributed by atoms with van der Waals surface area (Å²) in [6, 6.07) is 6.23. The second kappa shape index (κ2) is 7.46. The highest BCUT2D eigenvalue weighted by atomic mass is 32.2. The van der Waals surface area contributed by atoms with E-state index in [0.29, 0.717) is 5.75 Å². The van der Waals surface area contributed by atoms with Crippen LogP contribution in [-0.4, -0.2) is 22.2 Å². The number of aryl methyl sites for hydroxylation is 1. The molecule has 0 bridgehead atoms. The predicted octanol–water partition coefficient (Wildman–Crippen LogP) is 3.21. The fraction of sp³-hybridized carbons (Fsp3) is 0.562. The van der Waals surface area contributed by atoms with Gasteiger partial charge in [-0.25, -0.2) is 4.98 Å². The fourth-order valence-electron chi connectivity index (χ4n) is 2.58. The normalized spacial score (nSPS) is 17.5. The third-order valence-electron chi connectivity index (χ3n) is 3.79. The minimum atomic E-state index is -0.658. The summed E-state index contributed by atoms with van der Waals surface area (Å²) in [6.07, 6.45) is 7.66. The van der Waals surface area contributed by atoms with Gasteiger partial charge in [0.1, 0.15) is 5.54 Å². The number of aromatic nitrogens is 1. The van der Waals surface area contributed by atoms with Gasteiger partial charge in [0.25, 0.3) is 0 Å². The molecule has 1 fully saturated rings. The van der Waals surface area contributed by atoms with Gasteiger partial charge in [0.05, 0.1) is 16.8 Å². The second-order valence-electron chi connectivity index (χ2n) is 5.62. The molecule has 0 radical (unpaired) electrons. The van der Waals surface area contributed by atoms with Crippen molar-refractivity contribution >= 4 is 17.7 Å². The largest absolute Gasteiger partial charge is 0.337 e. The number of amides is 1. The van der Waals surface area contributed by atoms with Crippen molar-refractivity contribution in [3.63, 3.8) is 0 Å². The molecular weight excluding hydrogens is 282 g/mol. The molecule has 0 atom stereocenters. The number of pyridine rings is 1. The molecule has 1 N–H and O–H groups in total. The van der Waals surface area contributed by atoms with Crippen LogP contribution in [-0.2, 0) is 4.79 Å². The molecule has 1 aromatic rings. The van der Waals surface area contributed by atoms with Gasteiger partial charge in [0.2, 0.25) is 5.91 Å². The summed E-state index contributed by atoms with van der Waals surface area (Å²) in [5.41, 5.74) is 0.445. The Balaban J connectivity index is 1.88. The first-order valence-electron chi connectivity index (χ1n) is 7.41. The number of carbonyl (C=O) groups is 1. The smallest absolute Gasteiger partial charge is 0.231 e. The van der Waals surface area contributed by atoms with Gasteiger partial charge in [-0.15, -0.1) is 0 Å². The molecule has 4 nitrogen and oxygen atoms in total. The number of hydrogen-bond donors (Lipinski definition) is 1. The lowest BCUT2D eigenvalue weighted by Crippen LogP contribution is -2.47. The van der Waals surface area contributed by atoms with Gasteiger partial charge in [-0.1, -0.05) is 43.5 Å². The molecule has 0 aliphatic heterocycles. The number of thioether (sulfide) groups is 1. The Labute approximate surface area is 130 Å². The number of carbonyl (C=O) groups excluding carboxylic acids is 1. The Kier molecular flexibility index (Phi) is 5.63. The van der Waals surface area contributed by atoms with E-state index in [1.165, 1.54) is 11.8 Å². The quantitative estimate of drug-likeness (QED) is 0.685. The van der Waals surface area contributed by atoms with Crippen molar-refractivity contribution in [2.75, 3.05) is 5.75 Å². The van der Waals surface area contributed by atoms with E-state index in [9.17, 15) is 10.1 Å². The molecule has 1 aliphatic carbocycles. The van der Waals surface area contributed by atoms with Gasteiger partial charge in [-0.2, -0.15) is 5.26 Å². The second-order valence-corrected chi connectivity index (χ2v) is 6.61. The summed E-state index contributed by atoms with van der Waals surface area (Å²) in [4.78, 5) is 16.4. The summed E-state index contributed by atoms with van der Waals surface area (Å²) < 4.78 is 0. The van der Waals surface area contributed by atoms with Crippen LogP contribution in [0.3, 0.4) is 0 Å². The highest BCUT2D eigenvalue weighted by molar-refractivity contribution is 7.99. The number of rotatable bonds is 4. The standard InChI is InChI=1S/C16H21N3OS/c1-13-6-7-15(18-10-13)21-11-14(20)19-16(12-17)8-4-2-3-5-9-16/h6-7,10H,2-5,8-9,11H2,1H3,(H,19,20). The van der Waals surface area contributed by atoms with Crippen LogP contribution >= 0.6 is 11.8 Å². The zero-order valence-corrected chi connectivity index (χ0v) is 13.2. The average Bonchev–Trinajstić information content (AvgIpc) is 2.73. The third kappa shape index (κ3) is 4.75. The van der Waals surface area contributed by atoms with E-state index in [2.05, 4.69) is 16.4 Å². The Bertz CT molecular complexity index is 513. The topological polar surface area (TPSA) is 65.8 Å². The molecule has 0 spiro atoms. The Morgan fingerprint density at radius 1 is 1.38 bits per heavy atom. The highest BCUT2D eigenvalue weighted by Gasteiger charge is 2.32. The van der Waals surface area contributed by atoms with Crippen LogP contribution in [0, 0.1) is 18.3 Å². The third-order valence-corrected chi connectivity index (χ3v) is 4.73. The van der Waals surface area contributed by atoms with Crippen molar-refractivity contribution in [2.24, 2.45) is 0 Å². The Hall–Kier alpha value is -1.54. The molecule has 1 heterocycles. The lowest BCUT2D eigenvalue weighted by molar-refractivity contribution is -0.120. The van der Waals surface area contributed by atoms with E-state index in [1.807, 2.05) is 19.1 Å². The SMILES string of the molecule is Cc1ccc(SCC(=O)NC2(C#N)CCCCCC2)nc1. The van der Waals surface area contributed by atoms with Gasteiger partial charge in [-0.3, -0.25) is 4.79 Å². The summed E-state index contributed by atoms with van der Waals surface area (Å²) in [5.74, 6) is 0.227. The van der Waals surface area contributed by atoms with Crippen LogP contribution in [0.4, 0.5) is 0 Å². The number of nitriles is 1. The van der Waals surface area contributed by atoms with Crippen LogP contribution in [0.5, 0.6) is 0 Å². The lowest BCUT2D eigenvalue weighted by Gasteiger charge is -2.26. The summed E-state index contributed by atoms with van der Waals surface area (Å²) >= 11 is 1.41. The molecule has 5 heteroatoms. The first kappa shape index (κ1) is 15.8. The first-order chi connectivity index (χ1) is 10.1. The maximum absolute atomic E-state index is 12.1. The van der Waals surface area contributed by atoms with Crippen LogP contribution < -0.4 is 5.32 Å². The van der Waals surface area contributed by atoms with Gasteiger partial charge in [0, 0.05) is 6.20 Å². The molecule has 1 saturated carbocycles. The molecule has 2 rings (SSSR count). The first-order valence-corrected chi connectivity index (χ1v) is 8.40. The average molecular weight is 303 g/mol. The van der Waals surface area contributed by atoms with E-state index < -0.39 is 5.54 Å². The van der Waals surface area contributed by atoms with E-state index in [-0.39, 0.29) is 5.91 Å². The van der Waals surface area contributed by atoms with Crippen molar-refractivity contribution in [2.45, 2.75) is 56.0 Å². The minimum Gasteiger partial charge on any atom is -0.337 e. The van der Waals surface area contributed by atoms with Crippen molar-refractivity contribution in [3.05, 3.63) is 23.9 Å². The van der Waals surface area contributed by atoms with Crippen LogP contribution in [0.1, 0.15) is 44.1 Å². The van der Waals surface area contributed by atoms with Crippen molar-refractivity contribution < 1.29 is 4.79 Å². The predicted molar refractivity (Wildman–Crippen MR) is 83.9 cm³/mol.